The Morgan fingerprint density at radius 1 is 1.26 bits per heavy atom. The van der Waals surface area contributed by atoms with E-state index in [0.29, 0.717) is 6.04 Å². The molecule has 1 aromatic heterocycles. The number of rotatable bonds is 5. The van der Waals surface area contributed by atoms with Crippen molar-refractivity contribution >= 4 is 0 Å². The molecular formula is C16H27N3. The summed E-state index contributed by atoms with van der Waals surface area (Å²) in [6, 6.07) is 2.48. The average molecular weight is 261 g/mol. The van der Waals surface area contributed by atoms with Crippen LogP contribution in [0.3, 0.4) is 0 Å². The molecule has 2 rings (SSSR count). The van der Waals surface area contributed by atoms with E-state index in [4.69, 9.17) is 0 Å². The van der Waals surface area contributed by atoms with Crippen LogP contribution in [0.15, 0.2) is 12.3 Å². The predicted octanol–water partition coefficient (Wildman–Crippen LogP) is 3.65. The molecule has 0 spiro atoms. The maximum Gasteiger partial charge on any atom is 0.125 e. The Labute approximate surface area is 117 Å². The zero-order valence-corrected chi connectivity index (χ0v) is 12.5. The van der Waals surface area contributed by atoms with Crippen molar-refractivity contribution in [2.45, 2.75) is 58.9 Å². The van der Waals surface area contributed by atoms with Crippen LogP contribution in [-0.2, 0) is 0 Å². The molecule has 0 saturated heterocycles. The second-order valence-corrected chi connectivity index (χ2v) is 5.75. The molecule has 1 fully saturated rings. The Morgan fingerprint density at radius 3 is 2.58 bits per heavy atom. The number of aromatic nitrogens is 2. The van der Waals surface area contributed by atoms with Crippen molar-refractivity contribution < 1.29 is 0 Å². The second-order valence-electron chi connectivity index (χ2n) is 5.75. The Bertz CT molecular complexity index is 383. The zero-order chi connectivity index (χ0) is 13.7. The highest BCUT2D eigenvalue weighted by Crippen LogP contribution is 2.37. The standard InChI is InChI=1S/C16H27N3/c1-4-13-6-8-14(9-7-13)16(17-5-2)15-10-11-18-12(3)19-15/h10-11,13-14,16-17H,4-9H2,1-3H3. The Morgan fingerprint density at radius 2 is 2.00 bits per heavy atom. The maximum absolute atomic E-state index is 4.63. The van der Waals surface area contributed by atoms with E-state index in [2.05, 4.69) is 35.2 Å². The average Bonchev–Trinajstić information content (AvgIpc) is 2.45. The second kappa shape index (κ2) is 6.99. The number of aryl methyl sites for hydroxylation is 1. The molecule has 106 valence electrons. The van der Waals surface area contributed by atoms with Crippen LogP contribution in [-0.4, -0.2) is 16.5 Å². The molecule has 0 amide bonds. The molecule has 0 bridgehead atoms. The molecule has 1 heterocycles. The van der Waals surface area contributed by atoms with Gasteiger partial charge in [-0.1, -0.05) is 33.1 Å². The molecule has 0 aliphatic heterocycles. The van der Waals surface area contributed by atoms with E-state index >= 15 is 0 Å². The van der Waals surface area contributed by atoms with Crippen LogP contribution in [0, 0.1) is 18.8 Å². The lowest BCUT2D eigenvalue weighted by Gasteiger charge is -2.33. The highest BCUT2D eigenvalue weighted by atomic mass is 15.0. The molecule has 3 heteroatoms. The molecule has 19 heavy (non-hydrogen) atoms. The van der Waals surface area contributed by atoms with Gasteiger partial charge in [0, 0.05) is 6.20 Å². The van der Waals surface area contributed by atoms with Crippen molar-refractivity contribution in [3.8, 4) is 0 Å². The number of nitrogens with one attached hydrogen (secondary N) is 1. The molecule has 1 aliphatic carbocycles. The molecule has 1 atom stereocenters. The molecule has 0 radical (unpaired) electrons. The molecule has 1 aromatic rings. The topological polar surface area (TPSA) is 37.8 Å². The Hall–Kier alpha value is -0.960. The summed E-state index contributed by atoms with van der Waals surface area (Å²) in [4.78, 5) is 8.85. The van der Waals surface area contributed by atoms with Crippen molar-refractivity contribution in [1.82, 2.24) is 15.3 Å². The van der Waals surface area contributed by atoms with Gasteiger partial charge in [0.25, 0.3) is 0 Å². The first kappa shape index (κ1) is 14.4. The van der Waals surface area contributed by atoms with Crippen LogP contribution in [0.25, 0.3) is 0 Å². The normalized spacial score (nSPS) is 25.2. The van der Waals surface area contributed by atoms with Gasteiger partial charge < -0.3 is 5.32 Å². The van der Waals surface area contributed by atoms with E-state index in [1.165, 1.54) is 37.8 Å². The van der Waals surface area contributed by atoms with Gasteiger partial charge in [-0.2, -0.15) is 0 Å². The van der Waals surface area contributed by atoms with Gasteiger partial charge in [0.05, 0.1) is 11.7 Å². The van der Waals surface area contributed by atoms with E-state index < -0.39 is 0 Å². The molecule has 1 saturated carbocycles. The van der Waals surface area contributed by atoms with Crippen molar-refractivity contribution in [1.29, 1.82) is 0 Å². The summed E-state index contributed by atoms with van der Waals surface area (Å²) >= 11 is 0. The fraction of sp³-hybridized carbons (Fsp3) is 0.750. The van der Waals surface area contributed by atoms with Gasteiger partial charge in [-0.15, -0.1) is 0 Å². The minimum absolute atomic E-state index is 0.407. The van der Waals surface area contributed by atoms with Crippen LogP contribution < -0.4 is 5.32 Å². The quantitative estimate of drug-likeness (QED) is 0.879. The molecule has 1 aliphatic rings. The third-order valence-electron chi connectivity index (χ3n) is 4.48. The fourth-order valence-corrected chi connectivity index (χ4v) is 3.31. The van der Waals surface area contributed by atoms with Crippen molar-refractivity contribution in [3.63, 3.8) is 0 Å². The van der Waals surface area contributed by atoms with Crippen molar-refractivity contribution in [3.05, 3.63) is 23.8 Å². The highest BCUT2D eigenvalue weighted by Gasteiger charge is 2.28. The molecule has 1 unspecified atom stereocenters. The highest BCUT2D eigenvalue weighted by molar-refractivity contribution is 5.09. The number of hydrogen-bond donors (Lipinski definition) is 1. The first-order chi connectivity index (χ1) is 9.24. The summed E-state index contributed by atoms with van der Waals surface area (Å²) in [5, 5.41) is 3.64. The lowest BCUT2D eigenvalue weighted by atomic mass is 9.77. The van der Waals surface area contributed by atoms with Gasteiger partial charge in [-0.05, 0) is 44.2 Å². The van der Waals surface area contributed by atoms with Crippen LogP contribution in [0.1, 0.15) is 63.5 Å². The third kappa shape index (κ3) is 3.75. The lowest BCUT2D eigenvalue weighted by molar-refractivity contribution is 0.217. The van der Waals surface area contributed by atoms with E-state index in [1.807, 2.05) is 13.1 Å². The first-order valence-corrected chi connectivity index (χ1v) is 7.77. The SMILES string of the molecule is CCNC(c1ccnc(C)n1)C1CCC(CC)CC1. The minimum atomic E-state index is 0.407. The van der Waals surface area contributed by atoms with Gasteiger partial charge >= 0.3 is 0 Å². The summed E-state index contributed by atoms with van der Waals surface area (Å²) in [6.45, 7) is 7.47. The first-order valence-electron chi connectivity index (χ1n) is 7.77. The van der Waals surface area contributed by atoms with Crippen LogP contribution in [0.4, 0.5) is 0 Å². The summed E-state index contributed by atoms with van der Waals surface area (Å²) in [5.74, 6) is 2.56. The Balaban J connectivity index is 2.08. The van der Waals surface area contributed by atoms with Gasteiger partial charge in [0.2, 0.25) is 0 Å². The van der Waals surface area contributed by atoms with E-state index in [1.54, 1.807) is 0 Å². The predicted molar refractivity (Wildman–Crippen MR) is 78.9 cm³/mol. The van der Waals surface area contributed by atoms with E-state index in [-0.39, 0.29) is 0 Å². The summed E-state index contributed by atoms with van der Waals surface area (Å²) in [6.07, 6.45) is 8.66. The molecule has 0 aromatic carbocycles. The van der Waals surface area contributed by atoms with Gasteiger partial charge in [0.1, 0.15) is 5.82 Å². The third-order valence-corrected chi connectivity index (χ3v) is 4.48. The monoisotopic (exact) mass is 261 g/mol. The molecular weight excluding hydrogens is 234 g/mol. The summed E-state index contributed by atoms with van der Waals surface area (Å²) in [7, 11) is 0. The number of hydrogen-bond acceptors (Lipinski definition) is 3. The summed E-state index contributed by atoms with van der Waals surface area (Å²) < 4.78 is 0. The van der Waals surface area contributed by atoms with Crippen molar-refractivity contribution in [2.24, 2.45) is 11.8 Å². The van der Waals surface area contributed by atoms with Gasteiger partial charge in [-0.25, -0.2) is 9.97 Å². The van der Waals surface area contributed by atoms with E-state index in [9.17, 15) is 0 Å². The zero-order valence-electron chi connectivity index (χ0n) is 12.5. The summed E-state index contributed by atoms with van der Waals surface area (Å²) in [5.41, 5.74) is 1.18. The lowest BCUT2D eigenvalue weighted by Crippen LogP contribution is -2.31. The van der Waals surface area contributed by atoms with Crippen molar-refractivity contribution in [2.75, 3.05) is 6.54 Å². The fourth-order valence-electron chi connectivity index (χ4n) is 3.31. The smallest absolute Gasteiger partial charge is 0.125 e. The largest absolute Gasteiger partial charge is 0.309 e. The maximum atomic E-state index is 4.63. The van der Waals surface area contributed by atoms with Gasteiger partial charge in [-0.3, -0.25) is 0 Å². The van der Waals surface area contributed by atoms with Gasteiger partial charge in [0.15, 0.2) is 0 Å². The van der Waals surface area contributed by atoms with E-state index in [0.717, 1.165) is 24.2 Å². The minimum Gasteiger partial charge on any atom is -0.309 e. The van der Waals surface area contributed by atoms with Crippen LogP contribution in [0.2, 0.25) is 0 Å². The van der Waals surface area contributed by atoms with Crippen LogP contribution >= 0.6 is 0 Å². The Kier molecular flexibility index (Phi) is 5.32. The molecule has 1 N–H and O–H groups in total. The number of nitrogens with zero attached hydrogens (tertiary/aromatic N) is 2. The van der Waals surface area contributed by atoms with Crippen LogP contribution in [0.5, 0.6) is 0 Å². The molecule has 3 nitrogen and oxygen atoms in total.